The third-order valence-electron chi connectivity index (χ3n) is 2.67. The average molecular weight is 298 g/mol. The summed E-state index contributed by atoms with van der Waals surface area (Å²) in [5, 5.41) is 0. The Morgan fingerprint density at radius 3 is 2.10 bits per heavy atom. The molecular weight excluding hydrogens is 286 g/mol. The van der Waals surface area contributed by atoms with E-state index in [9.17, 15) is 31.1 Å². The maximum absolute atomic E-state index is 12.5. The summed E-state index contributed by atoms with van der Waals surface area (Å²) < 4.78 is 74.8. The van der Waals surface area contributed by atoms with Crippen molar-refractivity contribution in [2.24, 2.45) is 5.92 Å². The van der Waals surface area contributed by atoms with E-state index in [1.165, 1.54) is 6.07 Å². The Hall–Kier alpha value is -1.53. The topological polar surface area (TPSA) is 17.1 Å². The fourth-order valence-corrected chi connectivity index (χ4v) is 1.82. The predicted octanol–water partition coefficient (Wildman–Crippen LogP) is 4.56. The largest absolute Gasteiger partial charge is 0.407 e. The SMILES string of the molecule is CCCc1cccc(C(=O)C(C(F)(F)F)C(F)(F)F)c1. The van der Waals surface area contributed by atoms with Crippen molar-refractivity contribution in [2.75, 3.05) is 0 Å². The van der Waals surface area contributed by atoms with Crippen LogP contribution in [0.2, 0.25) is 0 Å². The number of halogens is 6. The van der Waals surface area contributed by atoms with Crippen molar-refractivity contribution < 1.29 is 31.1 Å². The number of rotatable bonds is 4. The molecule has 0 unspecified atom stereocenters. The Bertz CT molecular complexity index is 460. The Morgan fingerprint density at radius 1 is 1.10 bits per heavy atom. The summed E-state index contributed by atoms with van der Waals surface area (Å²) in [5.74, 6) is -5.95. The first-order valence-corrected chi connectivity index (χ1v) is 5.84. The number of benzene rings is 1. The van der Waals surface area contributed by atoms with E-state index in [1.54, 1.807) is 6.07 Å². The molecule has 1 aromatic carbocycles. The van der Waals surface area contributed by atoms with Gasteiger partial charge in [0.1, 0.15) is 0 Å². The van der Waals surface area contributed by atoms with Crippen molar-refractivity contribution in [1.82, 2.24) is 0 Å². The van der Waals surface area contributed by atoms with Gasteiger partial charge in [0.2, 0.25) is 5.92 Å². The van der Waals surface area contributed by atoms with Crippen molar-refractivity contribution in [3.8, 4) is 0 Å². The summed E-state index contributed by atoms with van der Waals surface area (Å²) in [6, 6.07) is 4.88. The van der Waals surface area contributed by atoms with E-state index in [-0.39, 0.29) is 0 Å². The predicted molar refractivity (Wildman–Crippen MR) is 60.4 cm³/mol. The molecule has 0 N–H and O–H groups in total. The summed E-state index contributed by atoms with van der Waals surface area (Å²) in [7, 11) is 0. The van der Waals surface area contributed by atoms with Crippen molar-refractivity contribution >= 4 is 5.78 Å². The first kappa shape index (κ1) is 16.5. The molecule has 0 aliphatic carbocycles. The average Bonchev–Trinajstić information content (AvgIpc) is 2.25. The quantitative estimate of drug-likeness (QED) is 0.588. The smallest absolute Gasteiger partial charge is 0.293 e. The second-order valence-corrected chi connectivity index (χ2v) is 4.33. The fraction of sp³-hybridized carbons (Fsp3) is 0.462. The number of hydrogen-bond acceptors (Lipinski definition) is 1. The van der Waals surface area contributed by atoms with Gasteiger partial charge in [-0.15, -0.1) is 0 Å². The van der Waals surface area contributed by atoms with Crippen molar-refractivity contribution in [3.05, 3.63) is 35.4 Å². The highest BCUT2D eigenvalue weighted by atomic mass is 19.4. The zero-order valence-corrected chi connectivity index (χ0v) is 10.5. The number of carbonyl (C=O) groups is 1. The van der Waals surface area contributed by atoms with Crippen LogP contribution in [0.1, 0.15) is 29.3 Å². The van der Waals surface area contributed by atoms with Gasteiger partial charge in [0.15, 0.2) is 5.78 Å². The van der Waals surface area contributed by atoms with E-state index < -0.39 is 29.6 Å². The minimum atomic E-state index is -5.66. The molecule has 0 aliphatic rings. The highest BCUT2D eigenvalue weighted by molar-refractivity contribution is 5.99. The Kier molecular flexibility index (Phi) is 4.83. The van der Waals surface area contributed by atoms with Crippen LogP contribution < -0.4 is 0 Å². The van der Waals surface area contributed by atoms with Crippen LogP contribution in [0.5, 0.6) is 0 Å². The van der Waals surface area contributed by atoms with Gasteiger partial charge in [-0.2, -0.15) is 26.3 Å². The summed E-state index contributed by atoms with van der Waals surface area (Å²) in [6.45, 7) is 1.81. The number of alkyl halides is 6. The molecule has 112 valence electrons. The summed E-state index contributed by atoms with van der Waals surface area (Å²) in [5.41, 5.74) is -0.0444. The molecule has 7 heteroatoms. The van der Waals surface area contributed by atoms with Crippen LogP contribution in [-0.2, 0) is 6.42 Å². The molecule has 1 rings (SSSR count). The molecule has 0 spiro atoms. The monoisotopic (exact) mass is 298 g/mol. The Balaban J connectivity index is 3.17. The first-order valence-electron chi connectivity index (χ1n) is 5.84. The lowest BCUT2D eigenvalue weighted by Gasteiger charge is -2.21. The minimum Gasteiger partial charge on any atom is -0.293 e. The lowest BCUT2D eigenvalue weighted by atomic mass is 9.94. The fourth-order valence-electron chi connectivity index (χ4n) is 1.82. The molecule has 0 saturated heterocycles. The number of carbonyl (C=O) groups excluding carboxylic acids is 1. The van der Waals surface area contributed by atoms with Gasteiger partial charge in [-0.1, -0.05) is 31.5 Å². The number of aryl methyl sites for hydroxylation is 1. The number of ketones is 1. The standard InChI is InChI=1S/C13H12F6O/c1-2-4-8-5-3-6-9(7-8)10(20)11(12(14,15)16)13(17,18)19/h3,5-7,11H,2,4H2,1H3. The third-order valence-corrected chi connectivity index (χ3v) is 2.67. The minimum absolute atomic E-state index is 0.476. The van der Waals surface area contributed by atoms with E-state index in [0.717, 1.165) is 12.1 Å². The van der Waals surface area contributed by atoms with Gasteiger partial charge >= 0.3 is 12.4 Å². The van der Waals surface area contributed by atoms with Gasteiger partial charge in [-0.3, -0.25) is 4.79 Å². The molecule has 0 aliphatic heterocycles. The van der Waals surface area contributed by atoms with Crippen LogP contribution in [0.25, 0.3) is 0 Å². The van der Waals surface area contributed by atoms with Gasteiger partial charge in [0.05, 0.1) is 0 Å². The normalized spacial score (nSPS) is 12.8. The third kappa shape index (κ3) is 3.98. The highest BCUT2D eigenvalue weighted by Crippen LogP contribution is 2.41. The van der Waals surface area contributed by atoms with Gasteiger partial charge in [-0.25, -0.2) is 0 Å². The van der Waals surface area contributed by atoms with Crippen LogP contribution >= 0.6 is 0 Å². The maximum Gasteiger partial charge on any atom is 0.407 e. The molecule has 1 aromatic rings. The maximum atomic E-state index is 12.5. The lowest BCUT2D eigenvalue weighted by Crippen LogP contribution is -2.42. The molecule has 20 heavy (non-hydrogen) atoms. The molecule has 0 bridgehead atoms. The lowest BCUT2D eigenvalue weighted by molar-refractivity contribution is -0.264. The Morgan fingerprint density at radius 2 is 1.65 bits per heavy atom. The van der Waals surface area contributed by atoms with Crippen molar-refractivity contribution in [2.45, 2.75) is 32.1 Å². The van der Waals surface area contributed by atoms with Crippen LogP contribution in [0.15, 0.2) is 24.3 Å². The van der Waals surface area contributed by atoms with Gasteiger partial charge in [-0.05, 0) is 18.1 Å². The van der Waals surface area contributed by atoms with Gasteiger partial charge in [0.25, 0.3) is 0 Å². The van der Waals surface area contributed by atoms with Crippen molar-refractivity contribution in [3.63, 3.8) is 0 Å². The number of Topliss-reactive ketones (excluding diaryl/α,β-unsaturated/α-hetero) is 1. The zero-order valence-electron chi connectivity index (χ0n) is 10.5. The zero-order chi connectivity index (χ0) is 15.6. The molecule has 0 aromatic heterocycles. The molecule has 1 nitrogen and oxygen atoms in total. The van der Waals surface area contributed by atoms with Crippen LogP contribution in [0, 0.1) is 5.92 Å². The number of hydrogen-bond donors (Lipinski definition) is 0. The van der Waals surface area contributed by atoms with E-state index >= 15 is 0 Å². The second kappa shape index (κ2) is 5.85. The van der Waals surface area contributed by atoms with Crippen LogP contribution in [-0.4, -0.2) is 18.1 Å². The molecule has 0 fully saturated rings. The summed E-state index contributed by atoms with van der Waals surface area (Å²) in [4.78, 5) is 11.6. The molecule has 0 saturated carbocycles. The van der Waals surface area contributed by atoms with Crippen molar-refractivity contribution in [1.29, 1.82) is 0 Å². The molecule has 0 amide bonds. The molecule has 0 atom stereocenters. The highest BCUT2D eigenvalue weighted by Gasteiger charge is 2.60. The first-order chi connectivity index (χ1) is 9.07. The van der Waals surface area contributed by atoms with Gasteiger partial charge in [0, 0.05) is 5.56 Å². The van der Waals surface area contributed by atoms with E-state index in [4.69, 9.17) is 0 Å². The Labute approximate surface area is 111 Å². The molecule has 0 heterocycles. The van der Waals surface area contributed by atoms with Gasteiger partial charge < -0.3 is 0 Å². The van der Waals surface area contributed by atoms with Crippen LogP contribution in [0.4, 0.5) is 26.3 Å². The van der Waals surface area contributed by atoms with Crippen LogP contribution in [0.3, 0.4) is 0 Å². The summed E-state index contributed by atoms with van der Waals surface area (Å²) >= 11 is 0. The molecular formula is C13H12F6O. The van der Waals surface area contributed by atoms with E-state index in [0.29, 0.717) is 18.4 Å². The second-order valence-electron chi connectivity index (χ2n) is 4.33. The van der Waals surface area contributed by atoms with E-state index in [2.05, 4.69) is 0 Å². The van der Waals surface area contributed by atoms with E-state index in [1.807, 2.05) is 6.92 Å². The summed E-state index contributed by atoms with van der Waals surface area (Å²) in [6.07, 6.45) is -10.2. The molecule has 0 radical (unpaired) electrons.